The van der Waals surface area contributed by atoms with Crippen molar-refractivity contribution in [3.05, 3.63) is 46.2 Å². The number of hydrogen-bond donors (Lipinski definition) is 0. The number of hydrogen-bond acceptors (Lipinski definition) is 8. The van der Waals surface area contributed by atoms with Gasteiger partial charge in [0.05, 0.1) is 18.4 Å². The molecule has 0 unspecified atom stereocenters. The normalized spacial score (nSPS) is 11.4. The van der Waals surface area contributed by atoms with Crippen molar-refractivity contribution in [3.8, 4) is 17.2 Å². The fraction of sp³-hybridized carbons (Fsp3) is 0.350. The van der Waals surface area contributed by atoms with Gasteiger partial charge >= 0.3 is 12.1 Å². The van der Waals surface area contributed by atoms with Gasteiger partial charge in [0.1, 0.15) is 22.5 Å². The van der Waals surface area contributed by atoms with E-state index in [9.17, 15) is 23.2 Å². The number of rotatable bonds is 6. The first kappa shape index (κ1) is 23.3. The number of alkyl halides is 3. The quantitative estimate of drug-likeness (QED) is 0.388. The summed E-state index contributed by atoms with van der Waals surface area (Å²) in [5, 5.41) is 17.4. The highest BCUT2D eigenvalue weighted by molar-refractivity contribution is 7.98. The maximum atomic E-state index is 13.6. The summed E-state index contributed by atoms with van der Waals surface area (Å²) in [7, 11) is 1.65. The van der Waals surface area contributed by atoms with E-state index in [4.69, 9.17) is 9.26 Å². The van der Waals surface area contributed by atoms with E-state index >= 15 is 0 Å². The Labute approximate surface area is 185 Å². The number of thioether (sulfide) groups is 1. The molecule has 3 heterocycles. The lowest BCUT2D eigenvalue weighted by Gasteiger charge is -2.13. The minimum Gasteiger partial charge on any atom is -0.461 e. The molecule has 3 aromatic heterocycles. The predicted molar refractivity (Wildman–Crippen MR) is 108 cm³/mol. The topological polar surface area (TPSA) is 107 Å². The van der Waals surface area contributed by atoms with E-state index in [2.05, 4.69) is 15.2 Å². The fourth-order valence-electron chi connectivity index (χ4n) is 2.92. The van der Waals surface area contributed by atoms with Crippen LogP contribution in [-0.4, -0.2) is 32.5 Å². The lowest BCUT2D eigenvalue weighted by atomic mass is 10.0. The van der Waals surface area contributed by atoms with Crippen LogP contribution in [0, 0.1) is 25.2 Å². The van der Waals surface area contributed by atoms with Gasteiger partial charge in [0.15, 0.2) is 5.69 Å². The van der Waals surface area contributed by atoms with E-state index in [1.165, 1.54) is 10.9 Å². The lowest BCUT2D eigenvalue weighted by Crippen LogP contribution is -2.11. The maximum Gasteiger partial charge on any atom is 0.433 e. The highest BCUT2D eigenvalue weighted by atomic mass is 32.2. The Morgan fingerprint density at radius 1 is 1.34 bits per heavy atom. The summed E-state index contributed by atoms with van der Waals surface area (Å²) in [6.07, 6.45) is -3.32. The molecule has 0 atom stereocenters. The molecule has 0 aliphatic rings. The van der Waals surface area contributed by atoms with Gasteiger partial charge in [0, 0.05) is 35.2 Å². The zero-order chi connectivity index (χ0) is 23.6. The summed E-state index contributed by atoms with van der Waals surface area (Å²) in [5.41, 5.74) is 0.205. The van der Waals surface area contributed by atoms with Crippen molar-refractivity contribution in [2.24, 2.45) is 7.05 Å². The van der Waals surface area contributed by atoms with Gasteiger partial charge in [-0.25, -0.2) is 9.78 Å². The van der Waals surface area contributed by atoms with Gasteiger partial charge in [-0.05, 0) is 26.8 Å². The monoisotopic (exact) mass is 465 g/mol. The number of ether oxygens (including phenoxy) is 1. The molecule has 0 aliphatic carbocycles. The predicted octanol–water partition coefficient (Wildman–Crippen LogP) is 4.45. The SMILES string of the molecule is CCOC(=O)c1noc(C)c1CSc1nc(C(F)(F)F)cc(-c2cnn(C)c2C)c1C#N. The van der Waals surface area contributed by atoms with E-state index in [0.717, 1.165) is 17.8 Å². The number of nitriles is 1. The number of aryl methyl sites for hydroxylation is 2. The average Bonchev–Trinajstić information content (AvgIpc) is 3.27. The Kier molecular flexibility index (Phi) is 6.59. The van der Waals surface area contributed by atoms with Crippen LogP contribution >= 0.6 is 11.8 Å². The van der Waals surface area contributed by atoms with Crippen molar-refractivity contribution in [2.75, 3.05) is 6.61 Å². The summed E-state index contributed by atoms with van der Waals surface area (Å²) in [6, 6.07) is 2.81. The van der Waals surface area contributed by atoms with Gasteiger partial charge in [0.2, 0.25) is 0 Å². The third kappa shape index (κ3) is 4.47. The van der Waals surface area contributed by atoms with Gasteiger partial charge in [0.25, 0.3) is 0 Å². The van der Waals surface area contributed by atoms with E-state index in [-0.39, 0.29) is 34.2 Å². The molecule has 0 saturated heterocycles. The first-order valence-electron chi connectivity index (χ1n) is 9.34. The largest absolute Gasteiger partial charge is 0.461 e. The minimum atomic E-state index is -4.72. The van der Waals surface area contributed by atoms with E-state index < -0.39 is 17.8 Å². The molecule has 0 bridgehead atoms. The number of pyridine rings is 1. The van der Waals surface area contributed by atoms with Gasteiger partial charge in [-0.2, -0.15) is 23.5 Å². The second-order valence-corrected chi connectivity index (χ2v) is 7.65. The molecule has 12 heteroatoms. The molecule has 3 aromatic rings. The van der Waals surface area contributed by atoms with Crippen molar-refractivity contribution < 1.29 is 27.2 Å². The minimum absolute atomic E-state index is 0.00205. The highest BCUT2D eigenvalue weighted by Gasteiger charge is 2.35. The van der Waals surface area contributed by atoms with Crippen molar-refractivity contribution in [1.29, 1.82) is 5.26 Å². The summed E-state index contributed by atoms with van der Waals surface area (Å²) < 4.78 is 52.2. The molecule has 3 rings (SSSR count). The third-order valence-corrected chi connectivity index (χ3v) is 5.72. The molecule has 0 radical (unpaired) electrons. The summed E-state index contributed by atoms with van der Waals surface area (Å²) >= 11 is 0.876. The fourth-order valence-corrected chi connectivity index (χ4v) is 4.00. The molecule has 0 aromatic carbocycles. The molecular weight excluding hydrogens is 447 g/mol. The molecule has 0 aliphatic heterocycles. The Morgan fingerprint density at radius 2 is 2.06 bits per heavy atom. The van der Waals surface area contributed by atoms with Gasteiger partial charge in [-0.15, -0.1) is 11.8 Å². The second kappa shape index (κ2) is 9.04. The number of carbonyl (C=O) groups is 1. The van der Waals surface area contributed by atoms with Crippen molar-refractivity contribution in [2.45, 2.75) is 37.7 Å². The first-order valence-corrected chi connectivity index (χ1v) is 10.3. The third-order valence-electron chi connectivity index (χ3n) is 4.72. The number of halogens is 3. The van der Waals surface area contributed by atoms with Crippen LogP contribution in [0.25, 0.3) is 11.1 Å². The number of nitrogens with zero attached hydrogens (tertiary/aromatic N) is 5. The van der Waals surface area contributed by atoms with Crippen LogP contribution in [-0.2, 0) is 23.7 Å². The zero-order valence-corrected chi connectivity index (χ0v) is 18.4. The molecule has 0 saturated carbocycles. The smallest absolute Gasteiger partial charge is 0.433 e. The summed E-state index contributed by atoms with van der Waals surface area (Å²) in [5.74, 6) is -0.392. The Bertz CT molecular complexity index is 1210. The summed E-state index contributed by atoms with van der Waals surface area (Å²) in [4.78, 5) is 15.8. The van der Waals surface area contributed by atoms with Crippen molar-refractivity contribution in [3.63, 3.8) is 0 Å². The lowest BCUT2D eigenvalue weighted by molar-refractivity contribution is -0.141. The maximum absolute atomic E-state index is 13.6. The number of aromatic nitrogens is 4. The van der Waals surface area contributed by atoms with Crippen molar-refractivity contribution >= 4 is 17.7 Å². The molecule has 0 amide bonds. The van der Waals surface area contributed by atoms with Crippen LogP contribution < -0.4 is 0 Å². The first-order chi connectivity index (χ1) is 15.1. The van der Waals surface area contributed by atoms with E-state index in [0.29, 0.717) is 22.6 Å². The molecule has 32 heavy (non-hydrogen) atoms. The molecular formula is C20H18F3N5O3S. The van der Waals surface area contributed by atoms with Gasteiger partial charge in [-0.3, -0.25) is 4.68 Å². The zero-order valence-electron chi connectivity index (χ0n) is 17.6. The molecule has 8 nitrogen and oxygen atoms in total. The van der Waals surface area contributed by atoms with Crippen LogP contribution in [0.4, 0.5) is 13.2 Å². The van der Waals surface area contributed by atoms with Crippen LogP contribution in [0.1, 0.15) is 45.7 Å². The summed E-state index contributed by atoms with van der Waals surface area (Å²) in [6.45, 7) is 5.02. The van der Waals surface area contributed by atoms with Crippen molar-refractivity contribution in [1.82, 2.24) is 19.9 Å². The average molecular weight is 465 g/mol. The molecule has 0 fully saturated rings. The van der Waals surface area contributed by atoms with Gasteiger partial charge in [-0.1, -0.05) is 5.16 Å². The number of carbonyl (C=O) groups excluding carboxylic acids is 1. The van der Waals surface area contributed by atoms with Crippen LogP contribution in [0.5, 0.6) is 0 Å². The molecule has 168 valence electrons. The number of esters is 1. The van der Waals surface area contributed by atoms with Crippen LogP contribution in [0.2, 0.25) is 0 Å². The Balaban J connectivity index is 2.09. The Hall–Kier alpha value is -3.33. The van der Waals surface area contributed by atoms with Crippen LogP contribution in [0.15, 0.2) is 21.8 Å². The molecule has 0 N–H and O–H groups in total. The van der Waals surface area contributed by atoms with Crippen LogP contribution in [0.3, 0.4) is 0 Å². The molecule has 0 spiro atoms. The Morgan fingerprint density at radius 3 is 2.62 bits per heavy atom. The van der Waals surface area contributed by atoms with E-state index in [1.807, 2.05) is 6.07 Å². The highest BCUT2D eigenvalue weighted by Crippen LogP contribution is 2.38. The second-order valence-electron chi connectivity index (χ2n) is 6.69. The van der Waals surface area contributed by atoms with Gasteiger partial charge < -0.3 is 9.26 Å². The van der Waals surface area contributed by atoms with E-state index in [1.54, 1.807) is 27.8 Å². The standard InChI is InChI=1S/C20H18F3N5O3S/c1-5-30-19(29)17-15(11(3)31-27-17)9-32-18-13(7-24)12(6-16(26-18)20(21,22)23)14-8-25-28(4)10(14)2/h6,8H,5,9H2,1-4H3.